The van der Waals surface area contributed by atoms with Crippen LogP contribution in [0.15, 0.2) is 0 Å². The average Bonchev–Trinajstić information content (AvgIpc) is 2.66. The zero-order chi connectivity index (χ0) is 10.7. The molecular weight excluding hydrogens is 195 g/mol. The summed E-state index contributed by atoms with van der Waals surface area (Å²) in [5.41, 5.74) is 0. The van der Waals surface area contributed by atoms with Crippen molar-refractivity contribution in [2.45, 2.75) is 56.8 Å². The number of hydrogen-bond donors (Lipinski definition) is 2. The van der Waals surface area contributed by atoms with E-state index in [0.29, 0.717) is 19.0 Å². The molecule has 1 heterocycles. The molecule has 1 aliphatic carbocycles. The number of carbonyl (C=O) groups is 1. The van der Waals surface area contributed by atoms with E-state index in [4.69, 9.17) is 0 Å². The quantitative estimate of drug-likeness (QED) is 0.723. The zero-order valence-electron chi connectivity index (χ0n) is 8.97. The smallest absolute Gasteiger partial charge is 0.237 e. The summed E-state index contributed by atoms with van der Waals surface area (Å²) in [5.74, 6) is -0.0120. The lowest BCUT2D eigenvalue weighted by atomic mass is 9.95. The Kier molecular flexibility index (Phi) is 3.57. The SMILES string of the molecule is O=C(NC1CCCCC1)[C@@H]1C[C@@H](F)CN1. The van der Waals surface area contributed by atoms with Crippen LogP contribution in [0.5, 0.6) is 0 Å². The third-order valence-electron chi connectivity index (χ3n) is 3.35. The molecule has 4 heteroatoms. The summed E-state index contributed by atoms with van der Waals surface area (Å²) in [6, 6.07) is 0.0219. The summed E-state index contributed by atoms with van der Waals surface area (Å²) in [5, 5.41) is 5.92. The molecule has 0 aromatic carbocycles. The lowest BCUT2D eigenvalue weighted by molar-refractivity contribution is -0.123. The fourth-order valence-electron chi connectivity index (χ4n) is 2.44. The Morgan fingerprint density at radius 3 is 2.60 bits per heavy atom. The van der Waals surface area contributed by atoms with Crippen LogP contribution >= 0.6 is 0 Å². The molecule has 2 N–H and O–H groups in total. The zero-order valence-corrected chi connectivity index (χ0v) is 8.97. The van der Waals surface area contributed by atoms with Gasteiger partial charge in [-0.3, -0.25) is 4.79 Å². The summed E-state index contributed by atoms with van der Waals surface area (Å²) in [7, 11) is 0. The molecule has 0 aromatic rings. The van der Waals surface area contributed by atoms with Gasteiger partial charge >= 0.3 is 0 Å². The van der Waals surface area contributed by atoms with E-state index >= 15 is 0 Å². The second-order valence-corrected chi connectivity index (χ2v) is 4.64. The van der Waals surface area contributed by atoms with Crippen LogP contribution < -0.4 is 10.6 Å². The van der Waals surface area contributed by atoms with Gasteiger partial charge in [0.15, 0.2) is 0 Å². The summed E-state index contributed by atoms with van der Waals surface area (Å²) >= 11 is 0. The van der Waals surface area contributed by atoms with E-state index < -0.39 is 6.17 Å². The minimum atomic E-state index is -0.855. The number of halogens is 1. The highest BCUT2D eigenvalue weighted by molar-refractivity contribution is 5.82. The van der Waals surface area contributed by atoms with Gasteiger partial charge in [0, 0.05) is 19.0 Å². The van der Waals surface area contributed by atoms with Crippen LogP contribution in [0.3, 0.4) is 0 Å². The highest BCUT2D eigenvalue weighted by atomic mass is 19.1. The second-order valence-electron chi connectivity index (χ2n) is 4.64. The van der Waals surface area contributed by atoms with Crippen LogP contribution in [0.2, 0.25) is 0 Å². The Labute approximate surface area is 89.8 Å². The topological polar surface area (TPSA) is 41.1 Å². The molecular formula is C11H19FN2O. The minimum Gasteiger partial charge on any atom is -0.352 e. The largest absolute Gasteiger partial charge is 0.352 e. The van der Waals surface area contributed by atoms with Crippen LogP contribution in [0, 0.1) is 0 Å². The van der Waals surface area contributed by atoms with E-state index in [1.54, 1.807) is 0 Å². The van der Waals surface area contributed by atoms with Crippen molar-refractivity contribution in [3.8, 4) is 0 Å². The van der Waals surface area contributed by atoms with E-state index in [0.717, 1.165) is 12.8 Å². The highest BCUT2D eigenvalue weighted by Crippen LogP contribution is 2.18. The summed E-state index contributed by atoms with van der Waals surface area (Å²) in [4.78, 5) is 11.7. The number of hydrogen-bond acceptors (Lipinski definition) is 2. The maximum absolute atomic E-state index is 12.9. The summed E-state index contributed by atoms with van der Waals surface area (Å²) in [6.07, 6.45) is 5.32. The van der Waals surface area contributed by atoms with Gasteiger partial charge in [-0.15, -0.1) is 0 Å². The third kappa shape index (κ3) is 2.91. The first kappa shape index (κ1) is 10.9. The van der Waals surface area contributed by atoms with Crippen LogP contribution in [-0.4, -0.2) is 30.7 Å². The number of nitrogens with one attached hydrogen (secondary N) is 2. The van der Waals surface area contributed by atoms with Crippen molar-refractivity contribution < 1.29 is 9.18 Å². The fourth-order valence-corrected chi connectivity index (χ4v) is 2.44. The van der Waals surface area contributed by atoms with E-state index in [2.05, 4.69) is 10.6 Å². The van der Waals surface area contributed by atoms with Crippen LogP contribution in [0.1, 0.15) is 38.5 Å². The van der Waals surface area contributed by atoms with Gasteiger partial charge in [-0.2, -0.15) is 0 Å². The van der Waals surface area contributed by atoms with Gasteiger partial charge in [0.1, 0.15) is 6.17 Å². The Balaban J connectivity index is 1.76. The maximum Gasteiger partial charge on any atom is 0.237 e. The number of carbonyl (C=O) groups excluding carboxylic acids is 1. The molecule has 0 spiro atoms. The molecule has 0 bridgehead atoms. The van der Waals surface area contributed by atoms with Gasteiger partial charge in [0.05, 0.1) is 6.04 Å². The molecule has 1 saturated carbocycles. The highest BCUT2D eigenvalue weighted by Gasteiger charge is 2.30. The van der Waals surface area contributed by atoms with Gasteiger partial charge in [0.2, 0.25) is 5.91 Å². The van der Waals surface area contributed by atoms with E-state index in [1.165, 1.54) is 19.3 Å². The first-order valence-corrected chi connectivity index (χ1v) is 5.93. The molecule has 1 aliphatic heterocycles. The molecule has 0 radical (unpaired) electrons. The summed E-state index contributed by atoms with van der Waals surface area (Å²) in [6.45, 7) is 0.322. The predicted molar refractivity (Wildman–Crippen MR) is 56.3 cm³/mol. The van der Waals surface area contributed by atoms with Crippen molar-refractivity contribution in [1.29, 1.82) is 0 Å². The predicted octanol–water partition coefficient (Wildman–Crippen LogP) is 1.14. The molecule has 1 amide bonds. The van der Waals surface area contributed by atoms with Crippen molar-refractivity contribution >= 4 is 5.91 Å². The van der Waals surface area contributed by atoms with Gasteiger partial charge in [-0.1, -0.05) is 19.3 Å². The molecule has 1 saturated heterocycles. The molecule has 2 atom stereocenters. The summed E-state index contributed by atoms with van der Waals surface area (Å²) < 4.78 is 12.9. The van der Waals surface area contributed by atoms with E-state index in [9.17, 15) is 9.18 Å². The molecule has 86 valence electrons. The number of rotatable bonds is 2. The van der Waals surface area contributed by atoms with Crippen LogP contribution in [0.25, 0.3) is 0 Å². The van der Waals surface area contributed by atoms with Crippen molar-refractivity contribution in [1.82, 2.24) is 10.6 Å². The first-order chi connectivity index (χ1) is 7.25. The third-order valence-corrected chi connectivity index (χ3v) is 3.35. The maximum atomic E-state index is 12.9. The molecule has 0 unspecified atom stereocenters. The lowest BCUT2D eigenvalue weighted by Gasteiger charge is -2.24. The molecule has 2 rings (SSSR count). The monoisotopic (exact) mass is 214 g/mol. The molecule has 2 aliphatic rings. The van der Waals surface area contributed by atoms with E-state index in [-0.39, 0.29) is 11.9 Å². The van der Waals surface area contributed by atoms with Crippen molar-refractivity contribution in [3.63, 3.8) is 0 Å². The van der Waals surface area contributed by atoms with Crippen LogP contribution in [-0.2, 0) is 4.79 Å². The fraction of sp³-hybridized carbons (Fsp3) is 0.909. The molecule has 0 aromatic heterocycles. The second kappa shape index (κ2) is 4.92. The Morgan fingerprint density at radius 2 is 2.00 bits per heavy atom. The average molecular weight is 214 g/mol. The Bertz CT molecular complexity index is 229. The Hall–Kier alpha value is -0.640. The lowest BCUT2D eigenvalue weighted by Crippen LogP contribution is -2.45. The van der Waals surface area contributed by atoms with Crippen molar-refractivity contribution in [3.05, 3.63) is 0 Å². The Morgan fingerprint density at radius 1 is 1.27 bits per heavy atom. The standard InChI is InChI=1S/C11H19FN2O/c12-8-6-10(13-7-8)11(15)14-9-4-2-1-3-5-9/h8-10,13H,1-7H2,(H,14,15)/t8-,10+/m1/s1. The minimum absolute atomic E-state index is 0.0120. The van der Waals surface area contributed by atoms with Crippen molar-refractivity contribution in [2.24, 2.45) is 0 Å². The van der Waals surface area contributed by atoms with Crippen LogP contribution in [0.4, 0.5) is 4.39 Å². The van der Waals surface area contributed by atoms with Gasteiger partial charge in [-0.05, 0) is 12.8 Å². The van der Waals surface area contributed by atoms with Gasteiger partial charge < -0.3 is 10.6 Å². The normalized spacial score (nSPS) is 32.9. The first-order valence-electron chi connectivity index (χ1n) is 5.93. The van der Waals surface area contributed by atoms with Gasteiger partial charge in [0.25, 0.3) is 0 Å². The van der Waals surface area contributed by atoms with Crippen molar-refractivity contribution in [2.75, 3.05) is 6.54 Å². The van der Waals surface area contributed by atoms with E-state index in [1.807, 2.05) is 0 Å². The number of alkyl halides is 1. The molecule has 15 heavy (non-hydrogen) atoms. The van der Waals surface area contributed by atoms with Gasteiger partial charge in [-0.25, -0.2) is 4.39 Å². The number of amides is 1. The molecule has 3 nitrogen and oxygen atoms in total. The molecule has 2 fully saturated rings.